The van der Waals surface area contributed by atoms with Gasteiger partial charge in [-0.15, -0.1) is 0 Å². The second-order valence-electron chi connectivity index (χ2n) is 4.68. The van der Waals surface area contributed by atoms with E-state index < -0.39 is 0 Å². The Morgan fingerprint density at radius 2 is 2.17 bits per heavy atom. The van der Waals surface area contributed by atoms with Crippen LogP contribution in [0, 0.1) is 6.92 Å². The van der Waals surface area contributed by atoms with Crippen molar-refractivity contribution in [1.82, 2.24) is 20.4 Å². The Morgan fingerprint density at radius 1 is 1.33 bits per heavy atom. The minimum Gasteiger partial charge on any atom is -0.356 e. The molecule has 0 unspecified atom stereocenters. The van der Waals surface area contributed by atoms with Crippen LogP contribution >= 0.6 is 0 Å². The normalized spacial score (nSPS) is 16.9. The largest absolute Gasteiger partial charge is 0.356 e. The number of hydrogen-bond donors (Lipinski definition) is 1. The Hall–Kier alpha value is -1.75. The standard InChI is InChI=1S/C13H16N4O/c1-9-6-12(18-17-9)11-7-15-8-16-13(11)10-2-4-14-5-3-10/h6-8,10,14H,2-5H2,1H3. The van der Waals surface area contributed by atoms with E-state index in [4.69, 9.17) is 4.52 Å². The van der Waals surface area contributed by atoms with E-state index in [1.165, 1.54) is 0 Å². The average Bonchev–Trinajstić information content (AvgIpc) is 2.86. The van der Waals surface area contributed by atoms with Gasteiger partial charge in [0.05, 0.1) is 17.0 Å². The van der Waals surface area contributed by atoms with Gasteiger partial charge in [0.15, 0.2) is 5.76 Å². The quantitative estimate of drug-likeness (QED) is 0.874. The molecule has 1 saturated heterocycles. The second kappa shape index (κ2) is 4.86. The van der Waals surface area contributed by atoms with Gasteiger partial charge in [0.25, 0.3) is 0 Å². The van der Waals surface area contributed by atoms with E-state index in [2.05, 4.69) is 20.4 Å². The van der Waals surface area contributed by atoms with Crippen LogP contribution in [0.15, 0.2) is 23.1 Å². The summed E-state index contributed by atoms with van der Waals surface area (Å²) in [6, 6.07) is 1.93. The Bertz CT molecular complexity index is 531. The van der Waals surface area contributed by atoms with Crippen molar-refractivity contribution >= 4 is 0 Å². The van der Waals surface area contributed by atoms with Crippen LogP contribution in [0.3, 0.4) is 0 Å². The lowest BCUT2D eigenvalue weighted by Gasteiger charge is -2.23. The molecule has 0 spiro atoms. The minimum atomic E-state index is 0.481. The van der Waals surface area contributed by atoms with E-state index in [1.54, 1.807) is 6.33 Å². The van der Waals surface area contributed by atoms with Gasteiger partial charge in [-0.1, -0.05) is 5.16 Å². The number of nitrogens with zero attached hydrogens (tertiary/aromatic N) is 3. The fraction of sp³-hybridized carbons (Fsp3) is 0.462. The second-order valence-corrected chi connectivity index (χ2v) is 4.68. The summed E-state index contributed by atoms with van der Waals surface area (Å²) in [5.74, 6) is 1.25. The highest BCUT2D eigenvalue weighted by Gasteiger charge is 2.21. The Balaban J connectivity index is 1.99. The third-order valence-electron chi connectivity index (χ3n) is 3.36. The molecule has 18 heavy (non-hydrogen) atoms. The zero-order valence-electron chi connectivity index (χ0n) is 10.4. The third-order valence-corrected chi connectivity index (χ3v) is 3.36. The maximum atomic E-state index is 5.34. The summed E-state index contributed by atoms with van der Waals surface area (Å²) < 4.78 is 5.34. The molecule has 5 nitrogen and oxygen atoms in total. The van der Waals surface area contributed by atoms with Gasteiger partial charge in [0, 0.05) is 18.2 Å². The van der Waals surface area contributed by atoms with Crippen molar-refractivity contribution in [3.05, 3.63) is 30.0 Å². The van der Waals surface area contributed by atoms with Gasteiger partial charge in [-0.2, -0.15) is 0 Å². The van der Waals surface area contributed by atoms with Crippen molar-refractivity contribution < 1.29 is 4.52 Å². The summed E-state index contributed by atoms with van der Waals surface area (Å²) in [6.45, 7) is 4.01. The van der Waals surface area contributed by atoms with E-state index >= 15 is 0 Å². The fourth-order valence-electron chi connectivity index (χ4n) is 2.44. The molecule has 2 aromatic heterocycles. The summed E-state index contributed by atoms with van der Waals surface area (Å²) in [7, 11) is 0. The average molecular weight is 244 g/mol. The van der Waals surface area contributed by atoms with Gasteiger partial charge in [-0.3, -0.25) is 0 Å². The highest BCUT2D eigenvalue weighted by atomic mass is 16.5. The highest BCUT2D eigenvalue weighted by molar-refractivity contribution is 5.59. The summed E-state index contributed by atoms with van der Waals surface area (Å²) in [5, 5.41) is 7.30. The van der Waals surface area contributed by atoms with Gasteiger partial charge >= 0.3 is 0 Å². The Morgan fingerprint density at radius 3 is 2.89 bits per heavy atom. The summed E-state index contributed by atoms with van der Waals surface area (Å²) in [6.07, 6.45) is 5.66. The molecule has 3 rings (SSSR count). The molecular formula is C13H16N4O. The maximum absolute atomic E-state index is 5.34. The van der Waals surface area contributed by atoms with Crippen LogP contribution in [0.2, 0.25) is 0 Å². The molecule has 0 atom stereocenters. The lowest BCUT2D eigenvalue weighted by atomic mass is 9.91. The first-order valence-electron chi connectivity index (χ1n) is 6.29. The first-order chi connectivity index (χ1) is 8.84. The van der Waals surface area contributed by atoms with E-state index in [1.807, 2.05) is 19.2 Å². The molecule has 0 amide bonds. The lowest BCUT2D eigenvalue weighted by Crippen LogP contribution is -2.27. The molecule has 2 aromatic rings. The van der Waals surface area contributed by atoms with Gasteiger partial charge in [0.2, 0.25) is 0 Å². The number of piperidine rings is 1. The molecule has 0 aromatic carbocycles. The van der Waals surface area contributed by atoms with Crippen LogP contribution in [0.5, 0.6) is 0 Å². The minimum absolute atomic E-state index is 0.481. The monoisotopic (exact) mass is 244 g/mol. The summed E-state index contributed by atoms with van der Waals surface area (Å²) >= 11 is 0. The number of aryl methyl sites for hydroxylation is 1. The van der Waals surface area contributed by atoms with Crippen LogP contribution in [0.4, 0.5) is 0 Å². The number of aromatic nitrogens is 3. The molecule has 0 bridgehead atoms. The molecule has 1 aliphatic heterocycles. The zero-order valence-corrected chi connectivity index (χ0v) is 10.4. The zero-order chi connectivity index (χ0) is 12.4. The highest BCUT2D eigenvalue weighted by Crippen LogP contribution is 2.31. The predicted octanol–water partition coefficient (Wildman–Crippen LogP) is 1.91. The predicted molar refractivity (Wildman–Crippen MR) is 67.1 cm³/mol. The van der Waals surface area contributed by atoms with Crippen LogP contribution < -0.4 is 5.32 Å². The van der Waals surface area contributed by atoms with Crippen molar-refractivity contribution in [2.24, 2.45) is 0 Å². The maximum Gasteiger partial charge on any atom is 0.170 e. The van der Waals surface area contributed by atoms with Crippen LogP contribution in [-0.2, 0) is 0 Å². The summed E-state index contributed by atoms with van der Waals surface area (Å²) in [4.78, 5) is 8.57. The third kappa shape index (κ3) is 2.13. The Labute approximate surface area is 106 Å². The first-order valence-corrected chi connectivity index (χ1v) is 6.29. The van der Waals surface area contributed by atoms with Crippen molar-refractivity contribution in [2.75, 3.05) is 13.1 Å². The van der Waals surface area contributed by atoms with Crippen molar-refractivity contribution in [1.29, 1.82) is 0 Å². The van der Waals surface area contributed by atoms with Crippen LogP contribution in [0.25, 0.3) is 11.3 Å². The molecule has 3 heterocycles. The molecule has 94 valence electrons. The van der Waals surface area contributed by atoms with Crippen LogP contribution in [-0.4, -0.2) is 28.2 Å². The van der Waals surface area contributed by atoms with E-state index in [0.29, 0.717) is 5.92 Å². The van der Waals surface area contributed by atoms with Crippen LogP contribution in [0.1, 0.15) is 30.1 Å². The lowest BCUT2D eigenvalue weighted by molar-refractivity contribution is 0.422. The molecule has 0 radical (unpaired) electrons. The van der Waals surface area contributed by atoms with E-state index in [0.717, 1.165) is 48.6 Å². The first kappa shape index (κ1) is 11.3. The van der Waals surface area contributed by atoms with Gasteiger partial charge in [-0.25, -0.2) is 9.97 Å². The molecule has 1 N–H and O–H groups in total. The Kier molecular flexibility index (Phi) is 3.06. The number of nitrogens with one attached hydrogen (secondary N) is 1. The smallest absolute Gasteiger partial charge is 0.170 e. The fourth-order valence-corrected chi connectivity index (χ4v) is 2.44. The summed E-state index contributed by atoms with van der Waals surface area (Å²) in [5.41, 5.74) is 2.94. The van der Waals surface area contributed by atoms with Crippen molar-refractivity contribution in [3.63, 3.8) is 0 Å². The number of rotatable bonds is 2. The topological polar surface area (TPSA) is 63.8 Å². The van der Waals surface area contributed by atoms with E-state index in [-0.39, 0.29) is 0 Å². The number of hydrogen-bond acceptors (Lipinski definition) is 5. The van der Waals surface area contributed by atoms with E-state index in [9.17, 15) is 0 Å². The van der Waals surface area contributed by atoms with Gasteiger partial charge in [-0.05, 0) is 32.9 Å². The van der Waals surface area contributed by atoms with Gasteiger partial charge < -0.3 is 9.84 Å². The molecule has 1 aliphatic rings. The van der Waals surface area contributed by atoms with Crippen molar-refractivity contribution in [2.45, 2.75) is 25.7 Å². The van der Waals surface area contributed by atoms with Gasteiger partial charge in [0.1, 0.15) is 6.33 Å². The molecule has 5 heteroatoms. The molecule has 1 fully saturated rings. The molecular weight excluding hydrogens is 228 g/mol. The molecule has 0 saturated carbocycles. The molecule has 0 aliphatic carbocycles. The van der Waals surface area contributed by atoms with Crippen molar-refractivity contribution in [3.8, 4) is 11.3 Å². The SMILES string of the molecule is Cc1cc(-c2cncnc2C2CCNCC2)on1.